The molecule has 158 valence electrons. The summed E-state index contributed by atoms with van der Waals surface area (Å²) in [5.74, 6) is 0.438. The van der Waals surface area contributed by atoms with E-state index in [0.717, 1.165) is 26.1 Å². The van der Waals surface area contributed by atoms with Gasteiger partial charge in [-0.25, -0.2) is 0 Å². The predicted octanol–water partition coefficient (Wildman–Crippen LogP) is 4.39. The largest absolute Gasteiger partial charge is 0.407 e. The molecular weight excluding hydrogens is 376 g/mol. The smallest absolute Gasteiger partial charge is 0.261 e. The minimum absolute atomic E-state index is 0.0194. The molecule has 3 atom stereocenters. The van der Waals surface area contributed by atoms with Gasteiger partial charge >= 0.3 is 0 Å². The van der Waals surface area contributed by atoms with Crippen molar-refractivity contribution in [1.82, 2.24) is 0 Å². The molecule has 1 heterocycles. The molecule has 0 aromatic heterocycles. The molecule has 0 unspecified atom stereocenters. The van der Waals surface area contributed by atoms with Crippen LogP contribution in [0.1, 0.15) is 40.5 Å². The number of hydrogen-bond donors (Lipinski definition) is 0. The highest BCUT2D eigenvalue weighted by Crippen LogP contribution is 2.37. The lowest BCUT2D eigenvalue weighted by molar-refractivity contribution is 0.0365. The molecule has 0 aliphatic carbocycles. The lowest BCUT2D eigenvalue weighted by Gasteiger charge is -2.43. The molecule has 0 spiro atoms. The molecule has 0 radical (unpaired) electrons. The van der Waals surface area contributed by atoms with E-state index in [1.54, 1.807) is 0 Å². The molecule has 1 saturated heterocycles. The molecular formula is C25H36O3Si. The van der Waals surface area contributed by atoms with Gasteiger partial charge in [0.1, 0.15) is 0 Å². The third-order valence-corrected chi connectivity index (χ3v) is 11.2. The van der Waals surface area contributed by atoms with E-state index in [2.05, 4.69) is 88.4 Å². The van der Waals surface area contributed by atoms with Crippen LogP contribution in [-0.2, 0) is 13.9 Å². The van der Waals surface area contributed by atoms with E-state index < -0.39 is 8.32 Å². The molecule has 1 aliphatic rings. The summed E-state index contributed by atoms with van der Waals surface area (Å²) in [5, 5.41) is 2.69. The third-order valence-electron chi connectivity index (χ3n) is 6.20. The maximum Gasteiger partial charge on any atom is 0.261 e. The first-order chi connectivity index (χ1) is 13.9. The normalized spacial score (nSPS) is 19.0. The Kier molecular flexibility index (Phi) is 7.33. The lowest BCUT2D eigenvalue weighted by Crippen LogP contribution is -2.66. The van der Waals surface area contributed by atoms with Crippen LogP contribution in [0.2, 0.25) is 5.04 Å². The molecule has 1 fully saturated rings. The first-order valence-corrected chi connectivity index (χ1v) is 12.7. The molecule has 0 saturated carbocycles. The van der Waals surface area contributed by atoms with Crippen molar-refractivity contribution in [1.29, 1.82) is 0 Å². The fourth-order valence-corrected chi connectivity index (χ4v) is 9.07. The Morgan fingerprint density at radius 1 is 1.00 bits per heavy atom. The summed E-state index contributed by atoms with van der Waals surface area (Å²) in [7, 11) is -0.622. The SMILES string of the molecule is CO[C@H](CCCO[Si](c1ccccc1)(c1ccccc1)C(C)(C)C)[C@@H](C)[C@@H]1CO1. The van der Waals surface area contributed by atoms with Crippen LogP contribution in [0.3, 0.4) is 0 Å². The van der Waals surface area contributed by atoms with Crippen LogP contribution in [0.15, 0.2) is 60.7 Å². The van der Waals surface area contributed by atoms with Gasteiger partial charge < -0.3 is 13.9 Å². The number of rotatable bonds is 10. The van der Waals surface area contributed by atoms with Crippen molar-refractivity contribution >= 4 is 18.7 Å². The molecule has 1 aliphatic heterocycles. The van der Waals surface area contributed by atoms with E-state index in [4.69, 9.17) is 13.9 Å². The highest BCUT2D eigenvalue weighted by molar-refractivity contribution is 6.99. The summed E-state index contributed by atoms with van der Waals surface area (Å²) >= 11 is 0. The van der Waals surface area contributed by atoms with Crippen LogP contribution < -0.4 is 10.4 Å². The van der Waals surface area contributed by atoms with E-state index in [9.17, 15) is 0 Å². The van der Waals surface area contributed by atoms with Gasteiger partial charge in [0, 0.05) is 19.6 Å². The minimum atomic E-state index is -2.43. The van der Waals surface area contributed by atoms with Crippen LogP contribution in [-0.4, -0.2) is 40.8 Å². The second-order valence-electron chi connectivity index (χ2n) is 9.16. The summed E-state index contributed by atoms with van der Waals surface area (Å²) < 4.78 is 18.2. The maximum absolute atomic E-state index is 6.97. The van der Waals surface area contributed by atoms with Gasteiger partial charge in [-0.05, 0) is 28.3 Å². The Bertz CT molecular complexity index is 698. The van der Waals surface area contributed by atoms with Crippen LogP contribution in [0.25, 0.3) is 0 Å². The van der Waals surface area contributed by atoms with Crippen LogP contribution in [0.4, 0.5) is 0 Å². The first-order valence-electron chi connectivity index (χ1n) is 10.8. The van der Waals surface area contributed by atoms with Crippen LogP contribution in [0.5, 0.6) is 0 Å². The third kappa shape index (κ3) is 5.00. The lowest BCUT2D eigenvalue weighted by atomic mass is 9.97. The second kappa shape index (κ2) is 9.56. The highest BCUT2D eigenvalue weighted by atomic mass is 28.4. The zero-order valence-electron chi connectivity index (χ0n) is 18.6. The Hall–Kier alpha value is -1.46. The summed E-state index contributed by atoms with van der Waals surface area (Å²) in [5.41, 5.74) is 0. The molecule has 2 aromatic rings. The van der Waals surface area contributed by atoms with Crippen molar-refractivity contribution < 1.29 is 13.9 Å². The fraction of sp³-hybridized carbons (Fsp3) is 0.520. The van der Waals surface area contributed by atoms with Crippen molar-refractivity contribution in [2.45, 2.75) is 57.8 Å². The van der Waals surface area contributed by atoms with Gasteiger partial charge in [-0.1, -0.05) is 88.4 Å². The van der Waals surface area contributed by atoms with Gasteiger partial charge in [0.15, 0.2) is 0 Å². The Morgan fingerprint density at radius 2 is 1.52 bits per heavy atom. The molecule has 29 heavy (non-hydrogen) atoms. The zero-order valence-corrected chi connectivity index (χ0v) is 19.6. The number of ether oxygens (including phenoxy) is 2. The van der Waals surface area contributed by atoms with Gasteiger partial charge in [-0.3, -0.25) is 0 Å². The summed E-state index contributed by atoms with van der Waals surface area (Å²) in [6.45, 7) is 10.8. The molecule has 0 N–H and O–H groups in total. The summed E-state index contributed by atoms with van der Waals surface area (Å²) in [6, 6.07) is 21.7. The van der Waals surface area contributed by atoms with Crippen molar-refractivity contribution in [3.8, 4) is 0 Å². The van der Waals surface area contributed by atoms with E-state index >= 15 is 0 Å². The van der Waals surface area contributed by atoms with Gasteiger partial charge in [-0.2, -0.15) is 0 Å². The number of benzene rings is 2. The molecule has 4 heteroatoms. The standard InChI is InChI=1S/C25H36O3Si/c1-20(24-19-27-24)23(26-5)17-12-18-28-29(25(2,3)4,21-13-8-6-9-14-21)22-15-10-7-11-16-22/h6-11,13-16,20,23-24H,12,17-19H2,1-5H3/t20-,23-,24+/m1/s1. The molecule has 2 aromatic carbocycles. The minimum Gasteiger partial charge on any atom is -0.407 e. The quantitative estimate of drug-likeness (QED) is 0.329. The van der Waals surface area contributed by atoms with Gasteiger partial charge in [0.05, 0.1) is 18.8 Å². The average Bonchev–Trinajstić information content (AvgIpc) is 3.56. The highest BCUT2D eigenvalue weighted by Gasteiger charge is 2.50. The van der Waals surface area contributed by atoms with E-state index in [0.29, 0.717) is 12.0 Å². The topological polar surface area (TPSA) is 31.0 Å². The first kappa shape index (κ1) is 22.2. The van der Waals surface area contributed by atoms with Crippen molar-refractivity contribution in [3.05, 3.63) is 60.7 Å². The maximum atomic E-state index is 6.97. The van der Waals surface area contributed by atoms with Gasteiger partial charge in [0.25, 0.3) is 8.32 Å². The second-order valence-corrected chi connectivity index (χ2v) is 13.5. The van der Waals surface area contributed by atoms with E-state index in [1.165, 1.54) is 10.4 Å². The van der Waals surface area contributed by atoms with Crippen LogP contribution in [0, 0.1) is 5.92 Å². The molecule has 0 amide bonds. The van der Waals surface area contributed by atoms with Gasteiger partial charge in [0.2, 0.25) is 0 Å². The fourth-order valence-electron chi connectivity index (χ4n) is 4.47. The summed E-state index contributed by atoms with van der Waals surface area (Å²) in [4.78, 5) is 0. The Balaban J connectivity index is 1.80. The van der Waals surface area contributed by atoms with E-state index in [1.807, 2.05) is 7.11 Å². The van der Waals surface area contributed by atoms with Gasteiger partial charge in [-0.15, -0.1) is 0 Å². The van der Waals surface area contributed by atoms with Crippen molar-refractivity contribution in [2.24, 2.45) is 5.92 Å². The monoisotopic (exact) mass is 412 g/mol. The average molecular weight is 413 g/mol. The molecule has 0 bridgehead atoms. The van der Waals surface area contributed by atoms with Crippen molar-refractivity contribution in [2.75, 3.05) is 20.3 Å². The zero-order chi connectivity index (χ0) is 20.9. The Labute approximate surface area is 177 Å². The van der Waals surface area contributed by atoms with Crippen molar-refractivity contribution in [3.63, 3.8) is 0 Å². The molecule has 3 nitrogen and oxygen atoms in total. The number of methoxy groups -OCH3 is 1. The van der Waals surface area contributed by atoms with E-state index in [-0.39, 0.29) is 11.1 Å². The number of epoxide rings is 1. The van der Waals surface area contributed by atoms with Crippen LogP contribution >= 0.6 is 0 Å². The predicted molar refractivity (Wildman–Crippen MR) is 123 cm³/mol. The Morgan fingerprint density at radius 3 is 1.93 bits per heavy atom. The summed E-state index contributed by atoms with van der Waals surface area (Å²) in [6.07, 6.45) is 2.58. The molecule has 3 rings (SSSR count). The number of hydrogen-bond acceptors (Lipinski definition) is 3.